The number of nitrogens with two attached hydrogens (primary N) is 1. The summed E-state index contributed by atoms with van der Waals surface area (Å²) >= 11 is 0. The molecule has 16 heavy (non-hydrogen) atoms. The summed E-state index contributed by atoms with van der Waals surface area (Å²) in [7, 11) is 0. The number of nitrogens with zero attached hydrogens (tertiary/aromatic N) is 1. The number of carbonyl (C=O) groups excluding carboxylic acids is 1. The Labute approximate surface area is 103 Å². The second kappa shape index (κ2) is 5.84. The van der Waals surface area contributed by atoms with Gasteiger partial charge in [-0.1, -0.05) is 6.92 Å². The number of rotatable bonds is 2. The summed E-state index contributed by atoms with van der Waals surface area (Å²) in [4.78, 5) is 14.0. The van der Waals surface area contributed by atoms with E-state index in [2.05, 4.69) is 0 Å². The first kappa shape index (κ1) is 13.7. The number of hydrogen-bond donors (Lipinski definition) is 1. The minimum absolute atomic E-state index is 0. The zero-order valence-electron chi connectivity index (χ0n) is 9.72. The molecule has 1 heterocycles. The highest BCUT2D eigenvalue weighted by Gasteiger charge is 2.39. The average Bonchev–Trinajstić information content (AvgIpc) is 2.74. The quantitative estimate of drug-likeness (QED) is 0.791. The van der Waals surface area contributed by atoms with E-state index in [0.717, 1.165) is 12.8 Å². The van der Waals surface area contributed by atoms with Crippen LogP contribution >= 0.6 is 12.4 Å². The van der Waals surface area contributed by atoms with Crippen molar-refractivity contribution in [2.75, 3.05) is 13.2 Å². The van der Waals surface area contributed by atoms with Gasteiger partial charge in [-0.05, 0) is 25.7 Å². The molecule has 1 amide bonds. The molecular weight excluding hydrogens is 228 g/mol. The van der Waals surface area contributed by atoms with E-state index in [1.165, 1.54) is 6.42 Å². The minimum Gasteiger partial charge on any atom is -0.374 e. The topological polar surface area (TPSA) is 55.6 Å². The maximum atomic E-state index is 12.0. The van der Waals surface area contributed by atoms with Crippen molar-refractivity contribution in [2.24, 2.45) is 5.73 Å². The number of carbonyl (C=O) groups is 1. The Hall–Kier alpha value is -0.320. The van der Waals surface area contributed by atoms with E-state index in [1.807, 2.05) is 11.8 Å². The molecule has 1 saturated heterocycles. The van der Waals surface area contributed by atoms with Gasteiger partial charge in [0.25, 0.3) is 0 Å². The van der Waals surface area contributed by atoms with Gasteiger partial charge in [0.2, 0.25) is 5.91 Å². The van der Waals surface area contributed by atoms with Crippen LogP contribution in [0, 0.1) is 0 Å². The van der Waals surface area contributed by atoms with Crippen molar-refractivity contribution in [3.05, 3.63) is 0 Å². The Morgan fingerprint density at radius 3 is 3.00 bits per heavy atom. The number of hydrogen-bond acceptors (Lipinski definition) is 3. The van der Waals surface area contributed by atoms with Crippen molar-refractivity contribution in [2.45, 2.75) is 50.8 Å². The molecule has 3 atom stereocenters. The SMILES string of the molecule is CC[C@H](N)C(=O)N1CCOC2CCCC21.Cl. The van der Waals surface area contributed by atoms with Crippen molar-refractivity contribution in [3.8, 4) is 0 Å². The van der Waals surface area contributed by atoms with Gasteiger partial charge in [0, 0.05) is 6.54 Å². The van der Waals surface area contributed by atoms with Gasteiger partial charge in [0.05, 0.1) is 24.8 Å². The summed E-state index contributed by atoms with van der Waals surface area (Å²) in [6.45, 7) is 3.34. The fourth-order valence-electron chi connectivity index (χ4n) is 2.59. The molecule has 4 nitrogen and oxygen atoms in total. The highest BCUT2D eigenvalue weighted by Crippen LogP contribution is 2.29. The Bertz CT molecular complexity index is 250. The highest BCUT2D eigenvalue weighted by molar-refractivity contribution is 5.85. The maximum absolute atomic E-state index is 12.0. The summed E-state index contributed by atoms with van der Waals surface area (Å²) in [5.74, 6) is 0.109. The Morgan fingerprint density at radius 2 is 2.31 bits per heavy atom. The van der Waals surface area contributed by atoms with Crippen molar-refractivity contribution in [3.63, 3.8) is 0 Å². The van der Waals surface area contributed by atoms with E-state index in [0.29, 0.717) is 25.6 Å². The fraction of sp³-hybridized carbons (Fsp3) is 0.909. The van der Waals surface area contributed by atoms with E-state index in [-0.39, 0.29) is 30.5 Å². The molecule has 2 fully saturated rings. The fourth-order valence-corrected chi connectivity index (χ4v) is 2.59. The number of ether oxygens (including phenoxy) is 1. The van der Waals surface area contributed by atoms with Crippen LogP contribution in [0.4, 0.5) is 0 Å². The zero-order chi connectivity index (χ0) is 10.8. The van der Waals surface area contributed by atoms with Crippen molar-refractivity contribution in [1.29, 1.82) is 0 Å². The predicted octanol–water partition coefficient (Wildman–Crippen LogP) is 0.925. The highest BCUT2D eigenvalue weighted by atomic mass is 35.5. The summed E-state index contributed by atoms with van der Waals surface area (Å²) in [5, 5.41) is 0. The van der Waals surface area contributed by atoms with Crippen LogP contribution in [0.1, 0.15) is 32.6 Å². The first-order valence-corrected chi connectivity index (χ1v) is 5.91. The number of amides is 1. The van der Waals surface area contributed by atoms with Gasteiger partial charge in [-0.3, -0.25) is 4.79 Å². The molecule has 2 rings (SSSR count). The predicted molar refractivity (Wildman–Crippen MR) is 64.6 cm³/mol. The third-order valence-corrected chi connectivity index (χ3v) is 3.52. The van der Waals surface area contributed by atoms with E-state index < -0.39 is 0 Å². The van der Waals surface area contributed by atoms with Gasteiger partial charge < -0.3 is 15.4 Å². The summed E-state index contributed by atoms with van der Waals surface area (Å²) in [5.41, 5.74) is 5.80. The standard InChI is InChI=1S/C11H20N2O2.ClH/c1-2-8(12)11(14)13-6-7-15-10-5-3-4-9(10)13;/h8-10H,2-7,12H2,1H3;1H/t8-,9?,10?;/m0./s1. The van der Waals surface area contributed by atoms with Crippen LogP contribution in [0.15, 0.2) is 0 Å². The third kappa shape index (κ3) is 2.50. The molecule has 1 aliphatic heterocycles. The van der Waals surface area contributed by atoms with E-state index in [4.69, 9.17) is 10.5 Å². The molecule has 0 spiro atoms. The molecule has 94 valence electrons. The first-order valence-electron chi connectivity index (χ1n) is 5.91. The van der Waals surface area contributed by atoms with Gasteiger partial charge in [-0.15, -0.1) is 12.4 Å². The summed E-state index contributed by atoms with van der Waals surface area (Å²) in [6, 6.07) is -0.0341. The molecule has 5 heteroatoms. The Balaban J connectivity index is 0.00000128. The molecule has 1 saturated carbocycles. The lowest BCUT2D eigenvalue weighted by molar-refractivity contribution is -0.145. The van der Waals surface area contributed by atoms with Gasteiger partial charge in [0.15, 0.2) is 0 Å². The van der Waals surface area contributed by atoms with Gasteiger partial charge in [0.1, 0.15) is 0 Å². The summed E-state index contributed by atoms with van der Waals surface area (Å²) in [6.07, 6.45) is 4.32. The molecule has 2 unspecified atom stereocenters. The second-order valence-electron chi connectivity index (χ2n) is 4.45. The molecule has 0 aromatic carbocycles. The Morgan fingerprint density at radius 1 is 1.56 bits per heavy atom. The van der Waals surface area contributed by atoms with Gasteiger partial charge in [-0.25, -0.2) is 0 Å². The van der Waals surface area contributed by atoms with E-state index >= 15 is 0 Å². The van der Waals surface area contributed by atoms with E-state index in [1.54, 1.807) is 0 Å². The second-order valence-corrected chi connectivity index (χ2v) is 4.45. The molecule has 2 N–H and O–H groups in total. The van der Waals surface area contributed by atoms with Crippen LogP contribution in [0.5, 0.6) is 0 Å². The molecule has 2 aliphatic rings. The normalized spacial score (nSPS) is 30.5. The smallest absolute Gasteiger partial charge is 0.239 e. The minimum atomic E-state index is -0.329. The molecule has 0 aromatic rings. The maximum Gasteiger partial charge on any atom is 0.239 e. The molecule has 1 aliphatic carbocycles. The number of fused-ring (bicyclic) bond motifs is 1. The summed E-state index contributed by atoms with van der Waals surface area (Å²) < 4.78 is 5.66. The van der Waals surface area contributed by atoms with Crippen LogP contribution in [0.3, 0.4) is 0 Å². The van der Waals surface area contributed by atoms with Crippen LogP contribution in [0.25, 0.3) is 0 Å². The van der Waals surface area contributed by atoms with Crippen LogP contribution < -0.4 is 5.73 Å². The zero-order valence-corrected chi connectivity index (χ0v) is 10.5. The van der Waals surface area contributed by atoms with Crippen molar-refractivity contribution >= 4 is 18.3 Å². The third-order valence-electron chi connectivity index (χ3n) is 3.52. The van der Waals surface area contributed by atoms with Crippen LogP contribution in [0.2, 0.25) is 0 Å². The molecule has 0 aromatic heterocycles. The van der Waals surface area contributed by atoms with Crippen molar-refractivity contribution in [1.82, 2.24) is 4.90 Å². The van der Waals surface area contributed by atoms with Crippen LogP contribution in [-0.2, 0) is 9.53 Å². The number of halogens is 1. The number of morpholine rings is 1. The van der Waals surface area contributed by atoms with Crippen LogP contribution in [-0.4, -0.2) is 42.1 Å². The first-order chi connectivity index (χ1) is 7.24. The van der Waals surface area contributed by atoms with Crippen molar-refractivity contribution < 1.29 is 9.53 Å². The molecular formula is C11H21ClN2O2. The molecule has 0 radical (unpaired) electrons. The van der Waals surface area contributed by atoms with E-state index in [9.17, 15) is 4.79 Å². The van der Waals surface area contributed by atoms with Gasteiger partial charge >= 0.3 is 0 Å². The lowest BCUT2D eigenvalue weighted by atomic mass is 10.1. The monoisotopic (exact) mass is 248 g/mol. The average molecular weight is 249 g/mol. The Kier molecular flexibility index (Phi) is 5.02. The molecule has 0 bridgehead atoms. The lowest BCUT2D eigenvalue weighted by Crippen LogP contribution is -2.55. The largest absolute Gasteiger partial charge is 0.374 e. The van der Waals surface area contributed by atoms with Gasteiger partial charge in [-0.2, -0.15) is 0 Å². The lowest BCUT2D eigenvalue weighted by Gasteiger charge is -2.38.